The standard InChI is InChI=1S/C21H36O4S/c1-3-4-9-13-21(24)14-12-17-16(18(22)15-19(17)26-21)10-7-5-6-8-11-20(23)25-2/h5,7,16-19,22,24H,3-4,6,8-15H2,1-2H3/t16?,17-,18?,19-,21?/m1/s1. The van der Waals surface area contributed by atoms with Crippen LogP contribution >= 0.6 is 11.8 Å². The maximum atomic E-state index is 11.1. The lowest BCUT2D eigenvalue weighted by molar-refractivity contribution is -0.140. The highest BCUT2D eigenvalue weighted by molar-refractivity contribution is 8.01. The van der Waals surface area contributed by atoms with E-state index in [9.17, 15) is 15.0 Å². The summed E-state index contributed by atoms with van der Waals surface area (Å²) in [5.74, 6) is 0.670. The summed E-state index contributed by atoms with van der Waals surface area (Å²) in [6, 6.07) is 0. The van der Waals surface area contributed by atoms with Gasteiger partial charge in [-0.25, -0.2) is 0 Å². The van der Waals surface area contributed by atoms with E-state index in [0.29, 0.717) is 23.5 Å². The summed E-state index contributed by atoms with van der Waals surface area (Å²) in [7, 11) is 1.42. The maximum absolute atomic E-state index is 11.1. The Kier molecular flexibility index (Phi) is 8.98. The van der Waals surface area contributed by atoms with Crippen LogP contribution in [0, 0.1) is 11.8 Å². The molecular formula is C21H36O4S. The van der Waals surface area contributed by atoms with Crippen molar-refractivity contribution >= 4 is 17.7 Å². The van der Waals surface area contributed by atoms with E-state index in [1.807, 2.05) is 0 Å². The highest BCUT2D eigenvalue weighted by Crippen LogP contribution is 2.54. The number of thioether (sulfide) groups is 1. The third-order valence-corrected chi connectivity index (χ3v) is 7.65. The average Bonchev–Trinajstić information content (AvgIpc) is 2.91. The minimum absolute atomic E-state index is 0.155. The lowest BCUT2D eigenvalue weighted by atomic mass is 9.86. The number of hydrogen-bond donors (Lipinski definition) is 2. The van der Waals surface area contributed by atoms with E-state index in [0.717, 1.165) is 51.4 Å². The molecule has 2 N–H and O–H groups in total. The molecule has 4 nitrogen and oxygen atoms in total. The first kappa shape index (κ1) is 21.8. The van der Waals surface area contributed by atoms with Gasteiger partial charge in [0, 0.05) is 11.7 Å². The van der Waals surface area contributed by atoms with Crippen LogP contribution in [-0.2, 0) is 9.53 Å². The highest BCUT2D eigenvalue weighted by Gasteiger charge is 2.49. The number of fused-ring (bicyclic) bond motifs is 1. The van der Waals surface area contributed by atoms with Gasteiger partial charge in [-0.3, -0.25) is 4.79 Å². The molecular weight excluding hydrogens is 348 g/mol. The van der Waals surface area contributed by atoms with Crippen molar-refractivity contribution in [3.8, 4) is 0 Å². The summed E-state index contributed by atoms with van der Waals surface area (Å²) in [6.07, 6.45) is 14.1. The number of hydrogen-bond acceptors (Lipinski definition) is 5. The predicted octanol–water partition coefficient (Wildman–Crippen LogP) is 4.44. The monoisotopic (exact) mass is 384 g/mol. The number of carbonyl (C=O) groups is 1. The van der Waals surface area contributed by atoms with Crippen molar-refractivity contribution in [3.05, 3.63) is 12.2 Å². The quantitative estimate of drug-likeness (QED) is 0.331. The molecule has 1 aliphatic heterocycles. The fourth-order valence-electron chi connectivity index (χ4n) is 4.42. The summed E-state index contributed by atoms with van der Waals surface area (Å²) >= 11 is 1.74. The van der Waals surface area contributed by atoms with E-state index in [4.69, 9.17) is 0 Å². The molecule has 2 fully saturated rings. The van der Waals surface area contributed by atoms with Gasteiger partial charge in [0.05, 0.1) is 13.2 Å². The second kappa shape index (κ2) is 10.7. The van der Waals surface area contributed by atoms with Gasteiger partial charge in [-0.15, -0.1) is 11.8 Å². The molecule has 0 amide bonds. The normalized spacial score (nSPS) is 34.2. The van der Waals surface area contributed by atoms with Crippen LogP contribution in [0.4, 0.5) is 0 Å². The van der Waals surface area contributed by atoms with Crippen LogP contribution in [-0.4, -0.2) is 39.6 Å². The molecule has 150 valence electrons. The van der Waals surface area contributed by atoms with Gasteiger partial charge in [0.15, 0.2) is 0 Å². The van der Waals surface area contributed by atoms with E-state index >= 15 is 0 Å². The number of unbranched alkanes of at least 4 members (excludes halogenated alkanes) is 3. The van der Waals surface area contributed by atoms with Crippen LogP contribution in [0.1, 0.15) is 77.6 Å². The first-order valence-electron chi connectivity index (χ1n) is 10.3. The summed E-state index contributed by atoms with van der Waals surface area (Å²) in [5, 5.41) is 21.8. The molecule has 0 aromatic carbocycles. The predicted molar refractivity (Wildman–Crippen MR) is 107 cm³/mol. The minimum Gasteiger partial charge on any atom is -0.469 e. The van der Waals surface area contributed by atoms with Crippen molar-refractivity contribution in [1.82, 2.24) is 0 Å². The van der Waals surface area contributed by atoms with Crippen LogP contribution in [0.5, 0.6) is 0 Å². The molecule has 2 aliphatic rings. The SMILES string of the molecule is CCCCCC1(O)CC[C@@H]2C(CC=CCCCC(=O)OC)C(O)C[C@H]2S1. The molecule has 2 rings (SSSR count). The van der Waals surface area contributed by atoms with Crippen LogP contribution in [0.3, 0.4) is 0 Å². The molecule has 1 aliphatic carbocycles. The van der Waals surface area contributed by atoms with Gasteiger partial charge in [-0.05, 0) is 63.2 Å². The van der Waals surface area contributed by atoms with Crippen LogP contribution in [0.2, 0.25) is 0 Å². The molecule has 0 aromatic heterocycles. The fourth-order valence-corrected chi connectivity index (χ4v) is 6.29. The first-order valence-corrected chi connectivity index (χ1v) is 11.2. The van der Waals surface area contributed by atoms with Crippen molar-refractivity contribution in [2.75, 3.05) is 7.11 Å². The summed E-state index contributed by atoms with van der Waals surface area (Å²) in [4.78, 5) is 10.5. The molecule has 0 bridgehead atoms. The molecule has 5 atom stereocenters. The molecule has 0 radical (unpaired) electrons. The van der Waals surface area contributed by atoms with Crippen LogP contribution in [0.25, 0.3) is 0 Å². The number of methoxy groups -OCH3 is 1. The van der Waals surface area contributed by atoms with E-state index in [1.165, 1.54) is 20.0 Å². The Morgan fingerprint density at radius 3 is 2.85 bits per heavy atom. The van der Waals surface area contributed by atoms with Gasteiger partial charge >= 0.3 is 5.97 Å². The first-order chi connectivity index (χ1) is 12.5. The number of esters is 1. The Labute approximate surface area is 162 Å². The van der Waals surface area contributed by atoms with E-state index in [-0.39, 0.29) is 12.1 Å². The smallest absolute Gasteiger partial charge is 0.305 e. The lowest BCUT2D eigenvalue weighted by Gasteiger charge is -2.39. The number of aliphatic hydroxyl groups excluding tert-OH is 1. The largest absolute Gasteiger partial charge is 0.469 e. The summed E-state index contributed by atoms with van der Waals surface area (Å²) in [6.45, 7) is 2.19. The third kappa shape index (κ3) is 6.28. The van der Waals surface area contributed by atoms with Crippen molar-refractivity contribution in [3.63, 3.8) is 0 Å². The number of rotatable bonds is 10. The Bertz CT molecular complexity index is 467. The highest BCUT2D eigenvalue weighted by atomic mass is 32.2. The minimum atomic E-state index is -0.575. The van der Waals surface area contributed by atoms with Crippen LogP contribution < -0.4 is 0 Å². The van der Waals surface area contributed by atoms with Crippen molar-refractivity contribution in [2.45, 2.75) is 93.8 Å². The number of allylic oxidation sites excluding steroid dienone is 2. The Morgan fingerprint density at radius 2 is 2.12 bits per heavy atom. The zero-order valence-corrected chi connectivity index (χ0v) is 17.2. The molecule has 0 aromatic rings. The summed E-state index contributed by atoms with van der Waals surface area (Å²) in [5.41, 5.74) is 0. The Morgan fingerprint density at radius 1 is 1.31 bits per heavy atom. The molecule has 1 heterocycles. The van der Waals surface area contributed by atoms with E-state index in [2.05, 4.69) is 23.8 Å². The van der Waals surface area contributed by atoms with E-state index < -0.39 is 4.93 Å². The fraction of sp³-hybridized carbons (Fsp3) is 0.857. The van der Waals surface area contributed by atoms with Gasteiger partial charge in [-0.2, -0.15) is 0 Å². The summed E-state index contributed by atoms with van der Waals surface area (Å²) < 4.78 is 4.64. The zero-order valence-electron chi connectivity index (χ0n) is 16.4. The van der Waals surface area contributed by atoms with Crippen LogP contribution in [0.15, 0.2) is 12.2 Å². The second-order valence-electron chi connectivity index (χ2n) is 7.90. The number of carbonyl (C=O) groups excluding carboxylic acids is 1. The van der Waals surface area contributed by atoms with Crippen molar-refractivity contribution in [2.24, 2.45) is 11.8 Å². The third-order valence-electron chi connectivity index (χ3n) is 5.96. The van der Waals surface area contributed by atoms with Gasteiger partial charge in [-0.1, -0.05) is 31.9 Å². The molecule has 0 spiro atoms. The second-order valence-corrected chi connectivity index (χ2v) is 9.51. The number of aliphatic hydroxyl groups is 2. The molecule has 1 saturated carbocycles. The molecule has 5 heteroatoms. The zero-order chi connectivity index (χ0) is 19.0. The van der Waals surface area contributed by atoms with Crippen molar-refractivity contribution in [1.29, 1.82) is 0 Å². The molecule has 26 heavy (non-hydrogen) atoms. The topological polar surface area (TPSA) is 66.8 Å². The Balaban J connectivity index is 1.76. The molecule has 1 saturated heterocycles. The van der Waals surface area contributed by atoms with Gasteiger partial charge < -0.3 is 14.9 Å². The average molecular weight is 385 g/mol. The van der Waals surface area contributed by atoms with Gasteiger partial charge in [0.25, 0.3) is 0 Å². The van der Waals surface area contributed by atoms with Gasteiger partial charge in [0.1, 0.15) is 4.93 Å². The maximum Gasteiger partial charge on any atom is 0.305 e. The van der Waals surface area contributed by atoms with Crippen molar-refractivity contribution < 1.29 is 19.7 Å². The van der Waals surface area contributed by atoms with Gasteiger partial charge in [0.2, 0.25) is 0 Å². The lowest BCUT2D eigenvalue weighted by Crippen LogP contribution is -2.36. The van der Waals surface area contributed by atoms with E-state index in [1.54, 1.807) is 11.8 Å². The number of ether oxygens (including phenoxy) is 1. The molecule has 3 unspecified atom stereocenters. The Hall–Kier alpha value is -0.520.